The van der Waals surface area contributed by atoms with Gasteiger partial charge in [-0.05, 0) is 0 Å². The van der Waals surface area contributed by atoms with Crippen molar-refractivity contribution in [2.75, 3.05) is 0 Å². The molecule has 0 amide bonds. The van der Waals surface area contributed by atoms with E-state index < -0.39 is 0 Å². The molecule has 0 saturated carbocycles. The second-order valence-corrected chi connectivity index (χ2v) is 9.03. The van der Waals surface area contributed by atoms with E-state index in [-0.39, 0.29) is 27.3 Å². The van der Waals surface area contributed by atoms with Crippen LogP contribution in [-0.4, -0.2) is 11.2 Å². The van der Waals surface area contributed by atoms with Gasteiger partial charge in [-0.2, -0.15) is 0 Å². The first-order valence-electron chi connectivity index (χ1n) is 7.53. The topological polar surface area (TPSA) is 20.2 Å². The number of halogens is 1. The second kappa shape index (κ2) is 7.95. The Balaban J connectivity index is 1.97. The number of aliphatic hydroxyl groups is 1. The van der Waals surface area contributed by atoms with Crippen molar-refractivity contribution >= 4 is 0 Å². The van der Waals surface area contributed by atoms with Gasteiger partial charge in [0, 0.05) is 0 Å². The summed E-state index contributed by atoms with van der Waals surface area (Å²) < 4.78 is 2.89. The van der Waals surface area contributed by atoms with Crippen LogP contribution in [0.3, 0.4) is 0 Å². The second-order valence-electron chi connectivity index (χ2n) is 6.00. The molecule has 0 saturated heterocycles. The summed E-state index contributed by atoms with van der Waals surface area (Å²) in [5, 5.41) is 9.41. The van der Waals surface area contributed by atoms with Crippen LogP contribution in [0.25, 0.3) is 0 Å². The number of rotatable bonds is 6. The van der Waals surface area contributed by atoms with Crippen molar-refractivity contribution in [1.82, 2.24) is 0 Å². The van der Waals surface area contributed by atoms with Crippen LogP contribution >= 0.6 is 0 Å². The minimum atomic E-state index is -0.265. The molecule has 0 aliphatic rings. The summed E-state index contributed by atoms with van der Waals surface area (Å²) in [5.41, 5.74) is 2.65. The Hall–Kier alpha value is -0.870. The van der Waals surface area contributed by atoms with Crippen molar-refractivity contribution in [3.05, 3.63) is 66.8 Å². The van der Waals surface area contributed by atoms with E-state index in [4.69, 9.17) is 0 Å². The molecule has 0 spiro atoms. The monoisotopic (exact) mass is 395 g/mol. The van der Waals surface area contributed by atoms with Gasteiger partial charge in [0.15, 0.2) is 0 Å². The van der Waals surface area contributed by atoms with E-state index in [1.807, 2.05) is 6.92 Å². The molecule has 21 heavy (non-hydrogen) atoms. The number of hydrogen-bond donors (Lipinski definition) is 1. The van der Waals surface area contributed by atoms with Crippen molar-refractivity contribution in [3.63, 3.8) is 0 Å². The van der Waals surface area contributed by atoms with Gasteiger partial charge in [0.2, 0.25) is 0 Å². The average molecular weight is 395 g/mol. The van der Waals surface area contributed by atoms with E-state index >= 15 is 0 Å². The predicted molar refractivity (Wildman–Crippen MR) is 84.2 cm³/mol. The first-order valence-corrected chi connectivity index (χ1v) is 9.69. The maximum atomic E-state index is 9.41. The molecule has 0 heterocycles. The number of aliphatic hydroxyl groups excluding tert-OH is 1. The van der Waals surface area contributed by atoms with Gasteiger partial charge in [0.1, 0.15) is 0 Å². The van der Waals surface area contributed by atoms with Crippen LogP contribution in [0.5, 0.6) is 0 Å². The molecule has 0 fully saturated rings. The summed E-state index contributed by atoms with van der Waals surface area (Å²) in [6.07, 6.45) is 1.63. The molecule has 0 aromatic heterocycles. The summed E-state index contributed by atoms with van der Waals surface area (Å²) >= 11 is -0.101. The van der Waals surface area contributed by atoms with Gasteiger partial charge in [0.25, 0.3) is 0 Å². The summed E-state index contributed by atoms with van der Waals surface area (Å²) in [7, 11) is 0. The molecule has 1 unspecified atom stereocenters. The Bertz CT molecular complexity index is 489. The average Bonchev–Trinajstić information content (AvgIpc) is 2.42. The fourth-order valence-corrected chi connectivity index (χ4v) is 4.46. The van der Waals surface area contributed by atoms with Crippen LogP contribution in [0.2, 0.25) is 0 Å². The van der Waals surface area contributed by atoms with Gasteiger partial charge < -0.3 is 0 Å². The summed E-state index contributed by atoms with van der Waals surface area (Å²) in [6, 6.07) is 17.8. The van der Waals surface area contributed by atoms with E-state index in [1.165, 1.54) is 18.3 Å². The summed E-state index contributed by atoms with van der Waals surface area (Å²) in [6.45, 7) is 6.35. The fraction of sp³-hybridized carbons (Fsp3) is 0.368. The third kappa shape index (κ3) is 5.79. The Morgan fingerprint density at radius 1 is 0.762 bits per heavy atom. The van der Waals surface area contributed by atoms with Crippen LogP contribution in [0, 0.1) is 13.1 Å². The van der Waals surface area contributed by atoms with Gasteiger partial charge >= 0.3 is 139 Å². The predicted octanol–water partition coefficient (Wildman–Crippen LogP) is 0.937. The molecule has 2 heteroatoms. The van der Waals surface area contributed by atoms with Crippen molar-refractivity contribution < 1.29 is 26.3 Å². The van der Waals surface area contributed by atoms with Crippen LogP contribution in [0.4, 0.5) is 0 Å². The van der Waals surface area contributed by atoms with Crippen molar-refractivity contribution in [3.8, 4) is 0 Å². The third-order valence-electron chi connectivity index (χ3n) is 3.22. The Labute approximate surface area is 138 Å². The number of benzene rings is 2. The number of hydrogen-bond acceptors (Lipinski definition) is 1. The first-order chi connectivity index (χ1) is 10.0. The Morgan fingerprint density at radius 3 is 1.57 bits per heavy atom. The quantitative estimate of drug-likeness (QED) is 0.722. The van der Waals surface area contributed by atoms with Crippen molar-refractivity contribution in [2.45, 2.75) is 39.7 Å². The van der Waals surface area contributed by atoms with E-state index in [0.29, 0.717) is 5.92 Å². The maximum absolute atomic E-state index is 9.41. The molecular weight excluding hydrogens is 371 g/mol. The van der Waals surface area contributed by atoms with Crippen LogP contribution in [0.15, 0.2) is 48.5 Å². The molecule has 114 valence electrons. The molecule has 2 aromatic carbocycles. The van der Waals surface area contributed by atoms with E-state index in [9.17, 15) is 5.11 Å². The molecule has 1 nitrogen and oxygen atoms in total. The molecule has 0 radical (unpaired) electrons. The van der Waals surface area contributed by atoms with Gasteiger partial charge in [0.05, 0.1) is 0 Å². The van der Waals surface area contributed by atoms with Crippen LogP contribution in [-0.2, 0) is 12.8 Å². The normalized spacial score (nSPS) is 12.8. The van der Waals surface area contributed by atoms with Crippen LogP contribution < -0.4 is 21.2 Å². The van der Waals surface area contributed by atoms with E-state index in [0.717, 1.165) is 12.8 Å². The standard InChI is InChI=1S/C19H24IO/c1-14(2)12-16-4-8-18(9-5-16)20-19-10-6-17(7-11-19)13-15(3)21/h4-11,14-15,21H,12-13H2,1-3H3/q-1. The van der Waals surface area contributed by atoms with Gasteiger partial charge in [-0.15, -0.1) is 0 Å². The Kier molecular flexibility index (Phi) is 6.24. The molecule has 1 atom stereocenters. The zero-order valence-electron chi connectivity index (χ0n) is 13.0. The zero-order chi connectivity index (χ0) is 15.2. The van der Waals surface area contributed by atoms with Crippen molar-refractivity contribution in [2.24, 2.45) is 5.92 Å². The first kappa shape index (κ1) is 16.5. The SMILES string of the molecule is CC(C)Cc1ccc([I-]c2ccc(CC(C)O)cc2)cc1. The molecule has 0 aliphatic heterocycles. The molecule has 1 N–H and O–H groups in total. The third-order valence-corrected chi connectivity index (χ3v) is 5.90. The Morgan fingerprint density at radius 2 is 1.19 bits per heavy atom. The van der Waals surface area contributed by atoms with E-state index in [2.05, 4.69) is 62.4 Å². The van der Waals surface area contributed by atoms with Gasteiger partial charge in [-0.1, -0.05) is 0 Å². The van der Waals surface area contributed by atoms with Crippen LogP contribution in [0.1, 0.15) is 31.9 Å². The van der Waals surface area contributed by atoms with Crippen molar-refractivity contribution in [1.29, 1.82) is 0 Å². The van der Waals surface area contributed by atoms with Gasteiger partial charge in [-0.3, -0.25) is 0 Å². The molecular formula is C19H24IO-. The molecule has 0 bridgehead atoms. The molecule has 2 aromatic rings. The summed E-state index contributed by atoms with van der Waals surface area (Å²) in [5.74, 6) is 0.715. The molecule has 2 rings (SSSR count). The molecule has 0 aliphatic carbocycles. The zero-order valence-corrected chi connectivity index (χ0v) is 15.2. The summed E-state index contributed by atoms with van der Waals surface area (Å²) in [4.78, 5) is 0. The fourth-order valence-electron chi connectivity index (χ4n) is 2.31. The minimum absolute atomic E-state index is 0.101. The van der Waals surface area contributed by atoms with E-state index in [1.54, 1.807) is 0 Å². The van der Waals surface area contributed by atoms with Gasteiger partial charge in [-0.25, -0.2) is 0 Å².